The molecule has 318 valence electrons. The molecule has 10 heteroatoms. The molecule has 1 unspecified atom stereocenters. The smallest absolute Gasteiger partial charge is 0.306 e. The van der Waals surface area contributed by atoms with Crippen LogP contribution in [-0.4, -0.2) is 70.0 Å². The van der Waals surface area contributed by atoms with E-state index in [1.807, 2.05) is 21.1 Å². The van der Waals surface area contributed by atoms with Crippen molar-refractivity contribution in [2.75, 3.05) is 47.5 Å². The van der Waals surface area contributed by atoms with Crippen LogP contribution >= 0.6 is 7.82 Å². The van der Waals surface area contributed by atoms with E-state index in [2.05, 4.69) is 38.2 Å². The lowest BCUT2D eigenvalue weighted by Crippen LogP contribution is -2.37. The number of quaternary nitrogens is 1. The second-order valence-electron chi connectivity index (χ2n) is 16.1. The van der Waals surface area contributed by atoms with E-state index >= 15 is 0 Å². The Morgan fingerprint density at radius 1 is 0.556 bits per heavy atom. The van der Waals surface area contributed by atoms with Crippen LogP contribution in [0.5, 0.6) is 0 Å². The highest BCUT2D eigenvalue weighted by Crippen LogP contribution is 2.38. The molecule has 0 aliphatic carbocycles. The summed E-state index contributed by atoms with van der Waals surface area (Å²) in [5.74, 6) is -0.848. The van der Waals surface area contributed by atoms with Crippen LogP contribution in [0, 0.1) is 0 Å². The van der Waals surface area contributed by atoms with Gasteiger partial charge in [0.2, 0.25) is 0 Å². The number of rotatable bonds is 40. The van der Waals surface area contributed by atoms with E-state index in [0.29, 0.717) is 17.4 Å². The first-order chi connectivity index (χ1) is 26.0. The topological polar surface area (TPSA) is 111 Å². The Hall–Kier alpha value is -1.51. The quantitative estimate of drug-likeness (QED) is 0.0198. The van der Waals surface area contributed by atoms with Crippen LogP contribution in [0.4, 0.5) is 0 Å². The largest absolute Gasteiger partial charge is 0.756 e. The predicted octanol–water partition coefficient (Wildman–Crippen LogP) is 11.7. The number of phosphoric ester groups is 1. The number of ether oxygens (including phenoxy) is 2. The Kier molecular flexibility index (Phi) is 36.1. The van der Waals surface area contributed by atoms with E-state index in [9.17, 15) is 19.0 Å². The highest BCUT2D eigenvalue weighted by molar-refractivity contribution is 7.45. The molecular formula is C44H84NO8P. The molecule has 0 aliphatic rings. The van der Waals surface area contributed by atoms with Crippen molar-refractivity contribution < 1.29 is 42.1 Å². The summed E-state index contributed by atoms with van der Waals surface area (Å²) in [7, 11) is 1.16. The van der Waals surface area contributed by atoms with E-state index in [-0.39, 0.29) is 32.0 Å². The number of likely N-dealkylation sites (N-methyl/N-ethyl adjacent to an activating group) is 1. The molecule has 2 atom stereocenters. The summed E-state index contributed by atoms with van der Waals surface area (Å²) < 4.78 is 33.8. The third-order valence-electron chi connectivity index (χ3n) is 9.44. The Morgan fingerprint density at radius 3 is 1.43 bits per heavy atom. The first-order valence-electron chi connectivity index (χ1n) is 22.0. The standard InChI is InChI=1S/C44H84NO8P/c1-6-8-10-12-14-16-18-19-20-21-22-23-24-25-27-28-30-32-34-36-43(46)50-40-42(41-52-54(48,49)51-39-38-45(3,4)5)53-44(47)37-35-33-31-29-26-17-15-13-11-9-7-2/h13,15,21-22,42H,6-12,14,16-20,23-41H2,1-5H3/b15-13-,22-21-/t42-/m1/s1. The number of carbonyl (C=O) groups excluding carboxylic acids is 2. The van der Waals surface area contributed by atoms with Gasteiger partial charge in [-0.05, 0) is 57.8 Å². The van der Waals surface area contributed by atoms with Crippen molar-refractivity contribution in [2.45, 2.75) is 200 Å². The second-order valence-corrected chi connectivity index (χ2v) is 17.5. The third kappa shape index (κ3) is 40.2. The van der Waals surface area contributed by atoms with Crippen molar-refractivity contribution >= 4 is 19.8 Å². The minimum absolute atomic E-state index is 0.0321. The molecule has 0 saturated carbocycles. The average molecular weight is 786 g/mol. The maximum Gasteiger partial charge on any atom is 0.306 e. The molecule has 54 heavy (non-hydrogen) atoms. The average Bonchev–Trinajstić information content (AvgIpc) is 3.12. The minimum atomic E-state index is -4.62. The summed E-state index contributed by atoms with van der Waals surface area (Å²) in [6.45, 7) is 4.18. The van der Waals surface area contributed by atoms with Gasteiger partial charge in [-0.2, -0.15) is 0 Å². The lowest BCUT2D eigenvalue weighted by atomic mass is 10.1. The summed E-state index contributed by atoms with van der Waals surface area (Å²) in [6, 6.07) is 0. The van der Waals surface area contributed by atoms with Gasteiger partial charge in [0, 0.05) is 12.8 Å². The molecule has 0 aromatic carbocycles. The normalized spacial score (nSPS) is 13.8. The van der Waals surface area contributed by atoms with Crippen LogP contribution in [-0.2, 0) is 32.7 Å². The zero-order chi connectivity index (χ0) is 40.0. The maximum atomic E-state index is 12.6. The fourth-order valence-electron chi connectivity index (χ4n) is 5.92. The molecule has 0 aliphatic heterocycles. The van der Waals surface area contributed by atoms with Gasteiger partial charge in [-0.3, -0.25) is 14.2 Å². The van der Waals surface area contributed by atoms with Crippen molar-refractivity contribution in [3.63, 3.8) is 0 Å². The van der Waals surface area contributed by atoms with E-state index < -0.39 is 26.5 Å². The van der Waals surface area contributed by atoms with Crippen molar-refractivity contribution in [2.24, 2.45) is 0 Å². The molecular weight excluding hydrogens is 701 g/mol. The maximum absolute atomic E-state index is 12.6. The highest BCUT2D eigenvalue weighted by Gasteiger charge is 2.21. The first kappa shape index (κ1) is 52.5. The minimum Gasteiger partial charge on any atom is -0.756 e. The van der Waals surface area contributed by atoms with Gasteiger partial charge in [-0.15, -0.1) is 0 Å². The van der Waals surface area contributed by atoms with Crippen LogP contribution < -0.4 is 4.89 Å². The van der Waals surface area contributed by atoms with E-state index in [1.165, 1.54) is 89.9 Å². The Balaban J connectivity index is 4.29. The van der Waals surface area contributed by atoms with E-state index in [1.54, 1.807) is 0 Å². The molecule has 0 rings (SSSR count). The number of esters is 2. The molecule has 0 fully saturated rings. The number of hydrogen-bond acceptors (Lipinski definition) is 8. The first-order valence-corrected chi connectivity index (χ1v) is 23.5. The van der Waals surface area contributed by atoms with Crippen LogP contribution in [0.1, 0.15) is 194 Å². The fraction of sp³-hybridized carbons (Fsp3) is 0.864. The van der Waals surface area contributed by atoms with Crippen LogP contribution in [0.25, 0.3) is 0 Å². The monoisotopic (exact) mass is 786 g/mol. The summed E-state index contributed by atoms with van der Waals surface area (Å²) in [6.07, 6.45) is 39.2. The zero-order valence-electron chi connectivity index (χ0n) is 35.7. The molecule has 0 aromatic rings. The molecule has 0 amide bonds. The number of phosphoric acid groups is 1. The van der Waals surface area contributed by atoms with Gasteiger partial charge in [0.15, 0.2) is 6.10 Å². The Labute approximate surface area is 332 Å². The number of hydrogen-bond donors (Lipinski definition) is 0. The van der Waals surface area contributed by atoms with E-state index in [0.717, 1.165) is 70.6 Å². The van der Waals surface area contributed by atoms with Gasteiger partial charge in [0.05, 0.1) is 27.7 Å². The summed E-state index contributed by atoms with van der Waals surface area (Å²) in [4.78, 5) is 37.4. The van der Waals surface area contributed by atoms with Gasteiger partial charge in [0.1, 0.15) is 19.8 Å². The molecule has 0 saturated heterocycles. The summed E-state index contributed by atoms with van der Waals surface area (Å²) in [5.41, 5.74) is 0. The Morgan fingerprint density at radius 2 is 0.963 bits per heavy atom. The SMILES string of the molecule is CCCC/C=C\CCCCCCCC(=O)O[C@H](COC(=O)CCCCCCCCC/C=C\CCCCCCCCCC)COP(=O)([O-])OCC[N+](C)(C)C. The van der Waals surface area contributed by atoms with Crippen LogP contribution in [0.2, 0.25) is 0 Å². The number of unbranched alkanes of at least 4 members (excludes halogenated alkanes) is 22. The van der Waals surface area contributed by atoms with Gasteiger partial charge >= 0.3 is 11.9 Å². The molecule has 9 nitrogen and oxygen atoms in total. The Bertz CT molecular complexity index is 980. The predicted molar refractivity (Wildman–Crippen MR) is 222 cm³/mol. The van der Waals surface area contributed by atoms with Crippen molar-refractivity contribution in [3.05, 3.63) is 24.3 Å². The second kappa shape index (κ2) is 37.1. The van der Waals surface area contributed by atoms with Gasteiger partial charge in [0.25, 0.3) is 7.82 Å². The van der Waals surface area contributed by atoms with Crippen molar-refractivity contribution in [3.8, 4) is 0 Å². The summed E-state index contributed by atoms with van der Waals surface area (Å²) >= 11 is 0. The molecule has 0 N–H and O–H groups in total. The number of allylic oxidation sites excluding steroid dienone is 4. The lowest BCUT2D eigenvalue weighted by molar-refractivity contribution is -0.870. The van der Waals surface area contributed by atoms with E-state index in [4.69, 9.17) is 18.5 Å². The van der Waals surface area contributed by atoms with Crippen molar-refractivity contribution in [1.29, 1.82) is 0 Å². The molecule has 0 spiro atoms. The molecule has 0 heterocycles. The van der Waals surface area contributed by atoms with Gasteiger partial charge in [-0.1, -0.05) is 147 Å². The lowest BCUT2D eigenvalue weighted by Gasteiger charge is -2.28. The molecule has 0 aromatic heterocycles. The number of carbonyl (C=O) groups is 2. The van der Waals surface area contributed by atoms with Crippen molar-refractivity contribution in [1.82, 2.24) is 0 Å². The molecule has 0 bridgehead atoms. The van der Waals surface area contributed by atoms with Gasteiger partial charge in [-0.25, -0.2) is 0 Å². The van der Waals surface area contributed by atoms with Gasteiger partial charge < -0.3 is 27.9 Å². The van der Waals surface area contributed by atoms with Crippen LogP contribution in [0.15, 0.2) is 24.3 Å². The van der Waals surface area contributed by atoms with Crippen LogP contribution in [0.3, 0.4) is 0 Å². The number of nitrogens with zero attached hydrogens (tertiary/aromatic N) is 1. The fourth-order valence-corrected chi connectivity index (χ4v) is 6.65. The summed E-state index contributed by atoms with van der Waals surface area (Å²) in [5, 5.41) is 0. The molecule has 0 radical (unpaired) electrons. The highest BCUT2D eigenvalue weighted by atomic mass is 31.2. The third-order valence-corrected chi connectivity index (χ3v) is 10.4. The zero-order valence-corrected chi connectivity index (χ0v) is 36.6.